The predicted octanol–water partition coefficient (Wildman–Crippen LogP) is 4.95. The van der Waals surface area contributed by atoms with Crippen LogP contribution in [0.4, 0.5) is 11.4 Å². The van der Waals surface area contributed by atoms with Crippen LogP contribution in [-0.4, -0.2) is 19.6 Å². The van der Waals surface area contributed by atoms with E-state index < -0.39 is 0 Å². The van der Waals surface area contributed by atoms with Crippen LogP contribution in [0, 0.1) is 5.92 Å². The molecule has 5 nitrogen and oxygen atoms in total. The van der Waals surface area contributed by atoms with E-state index in [4.69, 9.17) is 21.1 Å². The number of methoxy groups -OCH3 is 1. The summed E-state index contributed by atoms with van der Waals surface area (Å²) >= 11 is 6.30. The monoisotopic (exact) mass is 376 g/mol. The Balaban J connectivity index is 2.02. The van der Waals surface area contributed by atoms with Crippen LogP contribution in [0.25, 0.3) is 0 Å². The molecule has 0 spiro atoms. The zero-order valence-electron chi connectivity index (χ0n) is 15.6. The van der Waals surface area contributed by atoms with Gasteiger partial charge in [-0.05, 0) is 48.9 Å². The zero-order chi connectivity index (χ0) is 19.1. The molecular formula is C20H25ClN2O3. The van der Waals surface area contributed by atoms with Gasteiger partial charge in [-0.15, -0.1) is 0 Å². The molecule has 2 rings (SSSR count). The average molecular weight is 377 g/mol. The van der Waals surface area contributed by atoms with Crippen molar-refractivity contribution in [2.45, 2.75) is 27.3 Å². The molecule has 2 aromatic carbocycles. The number of halogens is 1. The van der Waals surface area contributed by atoms with Gasteiger partial charge in [0.05, 0.1) is 18.7 Å². The Morgan fingerprint density at radius 3 is 2.38 bits per heavy atom. The van der Waals surface area contributed by atoms with Crippen molar-refractivity contribution in [3.8, 4) is 11.5 Å². The number of benzene rings is 2. The van der Waals surface area contributed by atoms with Gasteiger partial charge in [0.2, 0.25) is 5.91 Å². The molecule has 0 fully saturated rings. The summed E-state index contributed by atoms with van der Waals surface area (Å²) < 4.78 is 10.9. The van der Waals surface area contributed by atoms with Crippen LogP contribution in [0.2, 0.25) is 5.02 Å². The lowest BCUT2D eigenvalue weighted by Gasteiger charge is -2.14. The van der Waals surface area contributed by atoms with Crippen molar-refractivity contribution in [2.75, 3.05) is 24.4 Å². The van der Waals surface area contributed by atoms with E-state index in [1.54, 1.807) is 7.11 Å². The molecule has 0 saturated heterocycles. The fourth-order valence-electron chi connectivity index (χ4n) is 2.32. The van der Waals surface area contributed by atoms with Gasteiger partial charge in [0, 0.05) is 23.8 Å². The van der Waals surface area contributed by atoms with E-state index in [-0.39, 0.29) is 11.8 Å². The molecular weight excluding hydrogens is 352 g/mol. The Bertz CT molecular complexity index is 745. The van der Waals surface area contributed by atoms with E-state index in [2.05, 4.69) is 10.6 Å². The Morgan fingerprint density at radius 1 is 1.15 bits per heavy atom. The topological polar surface area (TPSA) is 59.6 Å². The van der Waals surface area contributed by atoms with Crippen LogP contribution in [0.5, 0.6) is 11.5 Å². The summed E-state index contributed by atoms with van der Waals surface area (Å²) in [6.07, 6.45) is 0. The van der Waals surface area contributed by atoms with E-state index >= 15 is 0 Å². The number of carbonyl (C=O) groups excluding carboxylic acids is 1. The van der Waals surface area contributed by atoms with Crippen molar-refractivity contribution >= 4 is 28.9 Å². The van der Waals surface area contributed by atoms with Crippen molar-refractivity contribution in [1.82, 2.24) is 0 Å². The molecule has 0 radical (unpaired) electrons. The van der Waals surface area contributed by atoms with Crippen LogP contribution in [0.1, 0.15) is 26.3 Å². The molecule has 0 heterocycles. The van der Waals surface area contributed by atoms with E-state index in [9.17, 15) is 4.79 Å². The van der Waals surface area contributed by atoms with Crippen LogP contribution >= 0.6 is 11.6 Å². The Labute approximate surface area is 159 Å². The Kier molecular flexibility index (Phi) is 7.16. The summed E-state index contributed by atoms with van der Waals surface area (Å²) in [6, 6.07) is 11.3. The standard InChI is InChI=1S/C20H25ClN2O3/c1-5-26-19-17(21)10-14(11-18(19)25-4)12-22-15-6-8-16(9-7-15)23-20(24)13(2)3/h6-11,13,22H,5,12H2,1-4H3,(H,23,24). The Morgan fingerprint density at radius 2 is 1.81 bits per heavy atom. The smallest absolute Gasteiger partial charge is 0.226 e. The number of nitrogens with one attached hydrogen (secondary N) is 2. The molecule has 6 heteroatoms. The van der Waals surface area contributed by atoms with Gasteiger partial charge in [-0.2, -0.15) is 0 Å². The van der Waals surface area contributed by atoms with E-state index in [1.165, 1.54) is 0 Å². The van der Waals surface area contributed by atoms with Gasteiger partial charge >= 0.3 is 0 Å². The number of ether oxygens (including phenoxy) is 2. The predicted molar refractivity (Wildman–Crippen MR) is 106 cm³/mol. The second kappa shape index (κ2) is 9.34. The highest BCUT2D eigenvalue weighted by Crippen LogP contribution is 2.36. The first-order valence-electron chi connectivity index (χ1n) is 8.58. The molecule has 0 aliphatic heterocycles. The molecule has 1 amide bonds. The fraction of sp³-hybridized carbons (Fsp3) is 0.350. The largest absolute Gasteiger partial charge is 0.493 e. The normalized spacial score (nSPS) is 10.5. The van der Waals surface area contributed by atoms with Gasteiger partial charge in [0.1, 0.15) is 0 Å². The minimum Gasteiger partial charge on any atom is -0.493 e. The van der Waals surface area contributed by atoms with E-state index in [0.717, 1.165) is 16.9 Å². The third-order valence-electron chi connectivity index (χ3n) is 3.75. The first kappa shape index (κ1) is 19.9. The quantitative estimate of drug-likeness (QED) is 0.684. The van der Waals surface area contributed by atoms with Crippen LogP contribution in [0.15, 0.2) is 36.4 Å². The Hall–Kier alpha value is -2.40. The number of carbonyl (C=O) groups is 1. The first-order valence-corrected chi connectivity index (χ1v) is 8.96. The molecule has 2 aromatic rings. The van der Waals surface area contributed by atoms with Gasteiger partial charge in [0.25, 0.3) is 0 Å². The van der Waals surface area contributed by atoms with Crippen LogP contribution in [-0.2, 0) is 11.3 Å². The third kappa shape index (κ3) is 5.30. The minimum atomic E-state index is -0.0489. The molecule has 0 bridgehead atoms. The van der Waals surface area contributed by atoms with Gasteiger partial charge in [0.15, 0.2) is 11.5 Å². The maximum Gasteiger partial charge on any atom is 0.226 e. The van der Waals surface area contributed by atoms with Gasteiger partial charge in [-0.1, -0.05) is 25.4 Å². The highest BCUT2D eigenvalue weighted by Gasteiger charge is 2.11. The molecule has 0 aromatic heterocycles. The molecule has 140 valence electrons. The lowest BCUT2D eigenvalue weighted by Crippen LogP contribution is -2.17. The SMILES string of the molecule is CCOc1c(Cl)cc(CNc2ccc(NC(=O)C(C)C)cc2)cc1OC. The van der Waals surface area contributed by atoms with Crippen molar-refractivity contribution in [3.63, 3.8) is 0 Å². The third-order valence-corrected chi connectivity index (χ3v) is 4.03. The average Bonchev–Trinajstić information content (AvgIpc) is 2.62. The number of amides is 1. The highest BCUT2D eigenvalue weighted by atomic mass is 35.5. The zero-order valence-corrected chi connectivity index (χ0v) is 16.3. The molecule has 0 atom stereocenters. The first-order chi connectivity index (χ1) is 12.4. The molecule has 26 heavy (non-hydrogen) atoms. The molecule has 2 N–H and O–H groups in total. The molecule has 0 aliphatic rings. The summed E-state index contributed by atoms with van der Waals surface area (Å²) in [5, 5.41) is 6.72. The van der Waals surface area contributed by atoms with Crippen molar-refractivity contribution in [1.29, 1.82) is 0 Å². The lowest BCUT2D eigenvalue weighted by molar-refractivity contribution is -0.118. The fourth-order valence-corrected chi connectivity index (χ4v) is 2.61. The maximum absolute atomic E-state index is 11.7. The number of hydrogen-bond acceptors (Lipinski definition) is 4. The summed E-state index contributed by atoms with van der Waals surface area (Å²) in [5.74, 6) is 1.13. The molecule has 0 unspecified atom stereocenters. The van der Waals surface area contributed by atoms with E-state index in [1.807, 2.05) is 57.2 Å². The number of hydrogen-bond donors (Lipinski definition) is 2. The van der Waals surface area contributed by atoms with Gasteiger partial charge in [-0.25, -0.2) is 0 Å². The van der Waals surface area contributed by atoms with Crippen molar-refractivity contribution in [3.05, 3.63) is 47.0 Å². The summed E-state index contributed by atoms with van der Waals surface area (Å²) in [7, 11) is 1.59. The van der Waals surface area contributed by atoms with Gasteiger partial charge < -0.3 is 20.1 Å². The molecule has 0 saturated carbocycles. The maximum atomic E-state index is 11.7. The lowest BCUT2D eigenvalue weighted by atomic mass is 10.2. The number of anilines is 2. The summed E-state index contributed by atoms with van der Waals surface area (Å²) in [4.78, 5) is 11.7. The minimum absolute atomic E-state index is 0.00170. The van der Waals surface area contributed by atoms with Crippen LogP contribution in [0.3, 0.4) is 0 Å². The number of rotatable bonds is 8. The van der Waals surface area contributed by atoms with Crippen LogP contribution < -0.4 is 20.1 Å². The molecule has 0 aliphatic carbocycles. The van der Waals surface area contributed by atoms with E-state index in [0.29, 0.717) is 29.7 Å². The van der Waals surface area contributed by atoms with Gasteiger partial charge in [-0.3, -0.25) is 4.79 Å². The summed E-state index contributed by atoms with van der Waals surface area (Å²) in [5.41, 5.74) is 2.70. The van der Waals surface area contributed by atoms with Crippen molar-refractivity contribution < 1.29 is 14.3 Å². The highest BCUT2D eigenvalue weighted by molar-refractivity contribution is 6.32. The second-order valence-corrected chi connectivity index (χ2v) is 6.52. The second-order valence-electron chi connectivity index (χ2n) is 6.12. The van der Waals surface area contributed by atoms with Crippen molar-refractivity contribution in [2.24, 2.45) is 5.92 Å². The summed E-state index contributed by atoms with van der Waals surface area (Å²) in [6.45, 7) is 6.73.